The fraction of sp³-hybridized carbons (Fsp3) is 0.450. The molecule has 1 atom stereocenters. The highest BCUT2D eigenvalue weighted by Crippen LogP contribution is 2.37. The van der Waals surface area contributed by atoms with Gasteiger partial charge in [-0.2, -0.15) is 0 Å². The lowest BCUT2D eigenvalue weighted by atomic mass is 9.84. The predicted molar refractivity (Wildman–Crippen MR) is 94.4 cm³/mol. The van der Waals surface area contributed by atoms with Crippen LogP contribution < -0.4 is 14.2 Å². The molecular weight excluding hydrogens is 332 g/mol. The van der Waals surface area contributed by atoms with Crippen molar-refractivity contribution in [3.05, 3.63) is 48.2 Å². The molecule has 136 valence electrons. The van der Waals surface area contributed by atoms with Crippen molar-refractivity contribution < 1.29 is 18.9 Å². The third-order valence-electron chi connectivity index (χ3n) is 5.24. The lowest BCUT2D eigenvalue weighted by Gasteiger charge is -2.53. The van der Waals surface area contributed by atoms with E-state index in [0.717, 1.165) is 50.6 Å². The summed E-state index contributed by atoms with van der Waals surface area (Å²) >= 11 is 0. The van der Waals surface area contributed by atoms with Crippen molar-refractivity contribution in [2.24, 2.45) is 0 Å². The molecule has 0 N–H and O–H groups in total. The molecule has 2 fully saturated rings. The Labute approximate surface area is 152 Å². The number of ether oxygens (including phenoxy) is 4. The quantitative estimate of drug-likeness (QED) is 0.841. The van der Waals surface area contributed by atoms with Crippen LogP contribution >= 0.6 is 0 Å². The standard InChI is InChI=1S/C20H22N2O4/c1-2-7-21-19(3-1)26-16-6-8-25-20(10-16)12-22(13-20)11-15-4-5-17-18(9-15)24-14-23-17/h1-5,7,9,16H,6,8,10-14H2/t16-/m0/s1. The van der Waals surface area contributed by atoms with Crippen molar-refractivity contribution >= 4 is 0 Å². The Balaban J connectivity index is 1.17. The van der Waals surface area contributed by atoms with Gasteiger partial charge >= 0.3 is 0 Å². The molecule has 2 saturated heterocycles. The Morgan fingerprint density at radius 3 is 2.96 bits per heavy atom. The largest absolute Gasteiger partial charge is 0.474 e. The number of fused-ring (bicyclic) bond motifs is 1. The summed E-state index contributed by atoms with van der Waals surface area (Å²) in [7, 11) is 0. The van der Waals surface area contributed by atoms with E-state index < -0.39 is 0 Å². The van der Waals surface area contributed by atoms with Gasteiger partial charge in [0.2, 0.25) is 12.7 Å². The maximum Gasteiger partial charge on any atom is 0.231 e. The van der Waals surface area contributed by atoms with E-state index >= 15 is 0 Å². The number of benzene rings is 1. The molecule has 1 aromatic heterocycles. The summed E-state index contributed by atoms with van der Waals surface area (Å²) < 4.78 is 23.0. The van der Waals surface area contributed by atoms with Crippen molar-refractivity contribution in [1.82, 2.24) is 9.88 Å². The minimum Gasteiger partial charge on any atom is -0.474 e. The maximum absolute atomic E-state index is 6.12. The average molecular weight is 354 g/mol. The smallest absolute Gasteiger partial charge is 0.231 e. The van der Waals surface area contributed by atoms with Gasteiger partial charge < -0.3 is 18.9 Å². The van der Waals surface area contributed by atoms with E-state index in [1.165, 1.54) is 5.56 Å². The molecule has 2 aromatic rings. The van der Waals surface area contributed by atoms with E-state index in [2.05, 4.69) is 22.0 Å². The summed E-state index contributed by atoms with van der Waals surface area (Å²) in [5.74, 6) is 2.38. The van der Waals surface area contributed by atoms with Crippen LogP contribution in [0.3, 0.4) is 0 Å². The molecule has 6 nitrogen and oxygen atoms in total. The molecule has 1 aromatic carbocycles. The van der Waals surface area contributed by atoms with Crippen LogP contribution in [0.15, 0.2) is 42.6 Å². The molecule has 3 aliphatic rings. The third kappa shape index (κ3) is 3.10. The minimum atomic E-state index is -0.0754. The zero-order valence-corrected chi connectivity index (χ0v) is 14.6. The average Bonchev–Trinajstić information content (AvgIpc) is 3.09. The maximum atomic E-state index is 6.12. The van der Waals surface area contributed by atoms with E-state index in [4.69, 9.17) is 18.9 Å². The van der Waals surface area contributed by atoms with Gasteiger partial charge in [0.1, 0.15) is 6.10 Å². The van der Waals surface area contributed by atoms with Gasteiger partial charge in [-0.1, -0.05) is 12.1 Å². The normalized spacial score (nSPS) is 23.6. The predicted octanol–water partition coefficient (Wildman–Crippen LogP) is 2.62. The second-order valence-corrected chi connectivity index (χ2v) is 7.26. The molecule has 0 bridgehead atoms. The molecule has 1 spiro atoms. The van der Waals surface area contributed by atoms with Crippen LogP contribution in [0.1, 0.15) is 18.4 Å². The zero-order valence-electron chi connectivity index (χ0n) is 14.6. The Kier molecular flexibility index (Phi) is 3.94. The van der Waals surface area contributed by atoms with Gasteiger partial charge in [-0.3, -0.25) is 4.90 Å². The van der Waals surface area contributed by atoms with Crippen molar-refractivity contribution in [3.63, 3.8) is 0 Å². The molecule has 0 unspecified atom stereocenters. The fourth-order valence-electron chi connectivity index (χ4n) is 4.07. The topological polar surface area (TPSA) is 53.1 Å². The van der Waals surface area contributed by atoms with Crippen LogP contribution in [-0.2, 0) is 11.3 Å². The van der Waals surface area contributed by atoms with Crippen LogP contribution in [0.2, 0.25) is 0 Å². The highest BCUT2D eigenvalue weighted by Gasteiger charge is 2.48. The van der Waals surface area contributed by atoms with E-state index in [1.54, 1.807) is 6.20 Å². The van der Waals surface area contributed by atoms with Gasteiger partial charge in [0, 0.05) is 44.7 Å². The van der Waals surface area contributed by atoms with Crippen molar-refractivity contribution in [1.29, 1.82) is 0 Å². The lowest BCUT2D eigenvalue weighted by molar-refractivity contribution is -0.188. The van der Waals surface area contributed by atoms with Gasteiger partial charge in [-0.15, -0.1) is 0 Å². The number of pyridine rings is 1. The Hall–Kier alpha value is -2.31. The number of nitrogens with zero attached hydrogens (tertiary/aromatic N) is 2. The molecular formula is C20H22N2O4. The summed E-state index contributed by atoms with van der Waals surface area (Å²) in [6.45, 7) is 3.83. The van der Waals surface area contributed by atoms with Gasteiger partial charge in [-0.25, -0.2) is 4.98 Å². The first-order chi connectivity index (χ1) is 12.8. The van der Waals surface area contributed by atoms with Gasteiger partial charge in [0.15, 0.2) is 11.5 Å². The third-order valence-corrected chi connectivity index (χ3v) is 5.24. The van der Waals surface area contributed by atoms with E-state index in [1.807, 2.05) is 24.3 Å². The summed E-state index contributed by atoms with van der Waals surface area (Å²) in [6, 6.07) is 11.9. The molecule has 0 amide bonds. The highest BCUT2D eigenvalue weighted by molar-refractivity contribution is 5.44. The first-order valence-electron chi connectivity index (χ1n) is 9.11. The van der Waals surface area contributed by atoms with Gasteiger partial charge in [0.05, 0.1) is 12.2 Å². The monoisotopic (exact) mass is 354 g/mol. The molecule has 0 aliphatic carbocycles. The molecule has 4 heterocycles. The van der Waals surface area contributed by atoms with E-state index in [0.29, 0.717) is 12.7 Å². The first kappa shape index (κ1) is 15.9. The van der Waals surface area contributed by atoms with Crippen LogP contribution in [-0.4, -0.2) is 48.1 Å². The SMILES string of the molecule is c1ccc(O[C@H]2CCOC3(C2)CN(Cc2ccc4c(c2)OCO4)C3)nc1. The second-order valence-electron chi connectivity index (χ2n) is 7.26. The number of likely N-dealkylation sites (tertiary alicyclic amines) is 1. The highest BCUT2D eigenvalue weighted by atomic mass is 16.7. The molecule has 0 saturated carbocycles. The minimum absolute atomic E-state index is 0.0754. The Morgan fingerprint density at radius 1 is 1.15 bits per heavy atom. The van der Waals surface area contributed by atoms with Crippen molar-refractivity contribution in [2.75, 3.05) is 26.5 Å². The number of aromatic nitrogens is 1. The van der Waals surface area contributed by atoms with Crippen molar-refractivity contribution in [2.45, 2.75) is 31.1 Å². The summed E-state index contributed by atoms with van der Waals surface area (Å²) in [4.78, 5) is 6.67. The first-order valence-corrected chi connectivity index (χ1v) is 9.11. The van der Waals surface area contributed by atoms with Crippen LogP contribution in [0.25, 0.3) is 0 Å². The fourth-order valence-corrected chi connectivity index (χ4v) is 4.07. The molecule has 26 heavy (non-hydrogen) atoms. The lowest BCUT2D eigenvalue weighted by Crippen LogP contribution is -2.65. The van der Waals surface area contributed by atoms with Crippen molar-refractivity contribution in [3.8, 4) is 17.4 Å². The Bertz CT molecular complexity index is 777. The summed E-state index contributed by atoms with van der Waals surface area (Å²) in [6.07, 6.45) is 3.77. The van der Waals surface area contributed by atoms with E-state index in [-0.39, 0.29) is 11.7 Å². The summed E-state index contributed by atoms with van der Waals surface area (Å²) in [5.41, 5.74) is 1.16. The summed E-state index contributed by atoms with van der Waals surface area (Å²) in [5, 5.41) is 0. The number of rotatable bonds is 4. The Morgan fingerprint density at radius 2 is 2.08 bits per heavy atom. The molecule has 6 heteroatoms. The number of hydrogen-bond donors (Lipinski definition) is 0. The van der Waals surface area contributed by atoms with Gasteiger partial charge in [0.25, 0.3) is 0 Å². The molecule has 3 aliphatic heterocycles. The van der Waals surface area contributed by atoms with Crippen LogP contribution in [0, 0.1) is 0 Å². The second kappa shape index (κ2) is 6.45. The molecule has 5 rings (SSSR count). The number of hydrogen-bond acceptors (Lipinski definition) is 6. The van der Waals surface area contributed by atoms with Crippen LogP contribution in [0.5, 0.6) is 17.4 Å². The van der Waals surface area contributed by atoms with Gasteiger partial charge in [-0.05, 0) is 23.8 Å². The van der Waals surface area contributed by atoms with E-state index in [9.17, 15) is 0 Å². The molecule has 0 radical (unpaired) electrons. The zero-order chi connectivity index (χ0) is 17.4. The van der Waals surface area contributed by atoms with Crippen LogP contribution in [0.4, 0.5) is 0 Å².